The van der Waals surface area contributed by atoms with Crippen LogP contribution >= 0.6 is 0 Å². The summed E-state index contributed by atoms with van der Waals surface area (Å²) in [6.07, 6.45) is 1.48. The molecule has 0 aliphatic carbocycles. The van der Waals surface area contributed by atoms with Crippen LogP contribution < -0.4 is 20.3 Å². The zero-order valence-corrected chi connectivity index (χ0v) is 16.3. The van der Waals surface area contributed by atoms with E-state index in [9.17, 15) is 13.2 Å². The van der Waals surface area contributed by atoms with Gasteiger partial charge in [-0.2, -0.15) is 0 Å². The summed E-state index contributed by atoms with van der Waals surface area (Å²) in [5.74, 6) is 0.541. The number of ether oxygens (including phenoxy) is 1. The lowest BCUT2D eigenvalue weighted by molar-refractivity contribution is 0.0942. The molecule has 3 rings (SSSR count). The summed E-state index contributed by atoms with van der Waals surface area (Å²) in [4.78, 5) is 12.3. The van der Waals surface area contributed by atoms with E-state index in [0.717, 1.165) is 0 Å². The third kappa shape index (κ3) is 4.96. The van der Waals surface area contributed by atoms with Crippen molar-refractivity contribution < 1.29 is 22.4 Å². The van der Waals surface area contributed by atoms with Gasteiger partial charge in [-0.15, -0.1) is 0 Å². The fraction of sp³-hybridized carbons (Fsp3) is 0.0500. The average Bonchev–Trinajstić information content (AvgIpc) is 3.27. The molecular formula is C20H19N3O5S. The highest BCUT2D eigenvalue weighted by Gasteiger charge is 2.17. The number of nitrogens with one attached hydrogen (secondary N) is 3. The third-order valence-electron chi connectivity index (χ3n) is 3.89. The van der Waals surface area contributed by atoms with Gasteiger partial charge in [0.15, 0.2) is 5.76 Å². The van der Waals surface area contributed by atoms with E-state index in [-0.39, 0.29) is 10.5 Å². The van der Waals surface area contributed by atoms with Crippen molar-refractivity contribution in [3.05, 3.63) is 84.8 Å². The van der Waals surface area contributed by atoms with E-state index in [0.29, 0.717) is 22.9 Å². The number of rotatable bonds is 8. The molecule has 1 heterocycles. The van der Waals surface area contributed by atoms with Gasteiger partial charge in [0.1, 0.15) is 5.75 Å². The lowest BCUT2D eigenvalue weighted by Gasteiger charge is -2.11. The third-order valence-corrected chi connectivity index (χ3v) is 5.27. The highest BCUT2D eigenvalue weighted by molar-refractivity contribution is 7.92. The van der Waals surface area contributed by atoms with E-state index in [1.54, 1.807) is 36.4 Å². The largest absolute Gasteiger partial charge is 0.497 e. The Balaban J connectivity index is 1.70. The van der Waals surface area contributed by atoms with Gasteiger partial charge in [-0.25, -0.2) is 8.42 Å². The number of anilines is 1. The molecule has 3 aromatic rings. The minimum atomic E-state index is -3.88. The van der Waals surface area contributed by atoms with Crippen molar-refractivity contribution in [2.45, 2.75) is 4.90 Å². The maximum atomic E-state index is 12.6. The molecule has 0 saturated heterocycles. The normalized spacial score (nSPS) is 10.8. The fourth-order valence-corrected chi connectivity index (χ4v) is 3.50. The van der Waals surface area contributed by atoms with Crippen LogP contribution in [0.25, 0.3) is 5.70 Å². The molecule has 3 N–H and O–H groups in total. The highest BCUT2D eigenvalue weighted by atomic mass is 32.2. The average molecular weight is 413 g/mol. The molecule has 29 heavy (non-hydrogen) atoms. The standard InChI is InChI=1S/C20H19N3O5S/c1-14(19-7-4-12-28-19)21-22-20(24)15-5-3-6-18(13-15)29(25,26)23-16-8-10-17(27-2)11-9-16/h3-13,21,23H,1H2,2H3,(H,22,24). The number of methoxy groups -OCH3 is 1. The van der Waals surface area contributed by atoms with Crippen molar-refractivity contribution in [2.75, 3.05) is 11.8 Å². The summed E-state index contributed by atoms with van der Waals surface area (Å²) in [6, 6.07) is 15.5. The van der Waals surface area contributed by atoms with Gasteiger partial charge in [0.25, 0.3) is 15.9 Å². The summed E-state index contributed by atoms with van der Waals surface area (Å²) >= 11 is 0. The zero-order chi connectivity index (χ0) is 20.9. The lowest BCUT2D eigenvalue weighted by Crippen LogP contribution is -2.35. The molecule has 0 radical (unpaired) electrons. The first kappa shape index (κ1) is 20.0. The first-order valence-corrected chi connectivity index (χ1v) is 9.93. The van der Waals surface area contributed by atoms with Gasteiger partial charge in [-0.05, 0) is 54.6 Å². The number of benzene rings is 2. The maximum absolute atomic E-state index is 12.6. The molecule has 0 aliphatic rings. The van der Waals surface area contributed by atoms with Gasteiger partial charge >= 0.3 is 0 Å². The number of hydrazine groups is 1. The predicted octanol–water partition coefficient (Wildman–Crippen LogP) is 2.99. The first-order valence-electron chi connectivity index (χ1n) is 8.45. The summed E-state index contributed by atoms with van der Waals surface area (Å²) in [7, 11) is -2.36. The molecule has 0 atom stereocenters. The Bertz CT molecular complexity index is 1110. The van der Waals surface area contributed by atoms with E-state index in [2.05, 4.69) is 22.2 Å². The smallest absolute Gasteiger partial charge is 0.269 e. The van der Waals surface area contributed by atoms with Crippen LogP contribution in [-0.4, -0.2) is 21.4 Å². The van der Waals surface area contributed by atoms with Gasteiger partial charge in [0, 0.05) is 11.3 Å². The second kappa shape index (κ2) is 8.53. The van der Waals surface area contributed by atoms with Crippen molar-refractivity contribution in [3.63, 3.8) is 0 Å². The van der Waals surface area contributed by atoms with Gasteiger partial charge < -0.3 is 9.15 Å². The van der Waals surface area contributed by atoms with E-state index >= 15 is 0 Å². The maximum Gasteiger partial charge on any atom is 0.269 e. The molecule has 0 fully saturated rings. The Labute approximate surface area is 168 Å². The van der Waals surface area contributed by atoms with Gasteiger partial charge in [0.05, 0.1) is 24.0 Å². The Hall–Kier alpha value is -3.72. The number of carbonyl (C=O) groups is 1. The molecule has 8 nitrogen and oxygen atoms in total. The molecular weight excluding hydrogens is 394 g/mol. The van der Waals surface area contributed by atoms with Crippen molar-refractivity contribution >= 4 is 27.3 Å². The van der Waals surface area contributed by atoms with Gasteiger partial charge in [-0.1, -0.05) is 12.6 Å². The summed E-state index contributed by atoms with van der Waals surface area (Å²) in [5, 5.41) is 0. The zero-order valence-electron chi connectivity index (χ0n) is 15.5. The van der Waals surface area contributed by atoms with Crippen LogP contribution in [0.3, 0.4) is 0 Å². The molecule has 9 heteroatoms. The van der Waals surface area contributed by atoms with Crippen LogP contribution in [-0.2, 0) is 10.0 Å². The van der Waals surface area contributed by atoms with E-state index < -0.39 is 15.9 Å². The topological polar surface area (TPSA) is 110 Å². The predicted molar refractivity (Wildman–Crippen MR) is 109 cm³/mol. The first-order chi connectivity index (χ1) is 13.9. The molecule has 2 aromatic carbocycles. The number of hydrogen-bond acceptors (Lipinski definition) is 6. The minimum Gasteiger partial charge on any atom is -0.497 e. The van der Waals surface area contributed by atoms with Crippen molar-refractivity contribution in [3.8, 4) is 5.75 Å². The van der Waals surface area contributed by atoms with Crippen LogP contribution in [0.15, 0.2) is 82.8 Å². The lowest BCUT2D eigenvalue weighted by atomic mass is 10.2. The molecule has 1 aromatic heterocycles. The van der Waals surface area contributed by atoms with E-state index in [1.807, 2.05) is 0 Å². The van der Waals surface area contributed by atoms with Crippen molar-refractivity contribution in [1.82, 2.24) is 10.9 Å². The van der Waals surface area contributed by atoms with Crippen LogP contribution in [0.4, 0.5) is 5.69 Å². The Morgan fingerprint density at radius 1 is 1.03 bits per heavy atom. The van der Waals surface area contributed by atoms with Crippen LogP contribution in [0, 0.1) is 0 Å². The molecule has 0 unspecified atom stereocenters. The number of carbonyl (C=O) groups excluding carboxylic acids is 1. The Kier molecular flexibility index (Phi) is 5.89. The van der Waals surface area contributed by atoms with Gasteiger partial charge in [-0.3, -0.25) is 20.4 Å². The molecule has 1 amide bonds. The number of furan rings is 1. The van der Waals surface area contributed by atoms with Gasteiger partial charge in [0.2, 0.25) is 0 Å². The Morgan fingerprint density at radius 3 is 2.45 bits per heavy atom. The number of hydrogen-bond donors (Lipinski definition) is 3. The minimum absolute atomic E-state index is 0.0502. The van der Waals surface area contributed by atoms with Crippen molar-refractivity contribution in [2.24, 2.45) is 0 Å². The molecule has 0 bridgehead atoms. The monoisotopic (exact) mass is 413 g/mol. The molecule has 0 spiro atoms. The van der Waals surface area contributed by atoms with E-state index in [1.165, 1.54) is 37.6 Å². The second-order valence-electron chi connectivity index (χ2n) is 5.90. The number of amides is 1. The summed E-state index contributed by atoms with van der Waals surface area (Å²) < 4.78 is 37.9. The Morgan fingerprint density at radius 2 is 1.79 bits per heavy atom. The second-order valence-corrected chi connectivity index (χ2v) is 7.58. The highest BCUT2D eigenvalue weighted by Crippen LogP contribution is 2.20. The summed E-state index contributed by atoms with van der Waals surface area (Å²) in [5.41, 5.74) is 5.96. The van der Waals surface area contributed by atoms with E-state index in [4.69, 9.17) is 9.15 Å². The van der Waals surface area contributed by atoms with Crippen LogP contribution in [0.5, 0.6) is 5.75 Å². The number of sulfonamides is 1. The SMILES string of the molecule is C=C(NNC(=O)c1cccc(S(=O)(=O)Nc2ccc(OC)cc2)c1)c1ccco1. The van der Waals surface area contributed by atoms with Crippen LogP contribution in [0.2, 0.25) is 0 Å². The fourth-order valence-electron chi connectivity index (χ4n) is 2.39. The summed E-state index contributed by atoms with van der Waals surface area (Å²) in [6.45, 7) is 3.74. The molecule has 0 saturated carbocycles. The van der Waals surface area contributed by atoms with Crippen LogP contribution in [0.1, 0.15) is 16.1 Å². The molecule has 0 aliphatic heterocycles. The quantitative estimate of drug-likeness (QED) is 0.490. The molecule has 150 valence electrons. The van der Waals surface area contributed by atoms with Crippen molar-refractivity contribution in [1.29, 1.82) is 0 Å².